The normalized spacial score (nSPS) is 16.9. The summed E-state index contributed by atoms with van der Waals surface area (Å²) >= 11 is 0. The Kier molecular flexibility index (Phi) is 6.61. The van der Waals surface area contributed by atoms with E-state index >= 15 is 0 Å². The van der Waals surface area contributed by atoms with Crippen LogP contribution < -0.4 is 14.8 Å². The van der Waals surface area contributed by atoms with Crippen LogP contribution in [0.2, 0.25) is 0 Å². The molecule has 2 aromatic rings. The number of carbonyl (C=O) groups is 2. The molecule has 0 radical (unpaired) electrons. The van der Waals surface area contributed by atoms with Gasteiger partial charge in [0.1, 0.15) is 10.6 Å². The third-order valence-corrected chi connectivity index (χ3v) is 6.13. The lowest BCUT2D eigenvalue weighted by Gasteiger charge is -2.16. The Bertz CT molecular complexity index is 1030. The van der Waals surface area contributed by atoms with Crippen LogP contribution in [0.15, 0.2) is 47.4 Å². The van der Waals surface area contributed by atoms with Crippen molar-refractivity contribution < 1.29 is 27.5 Å². The standard InChI is InChI=1S/C21H24N2O6S/c1-14-6-9-16(10-7-14)23-30(26,27)19-13-15(8-11-17(19)28-2)21(25)29-18-5-3-4-12-22-20(18)24/h6-11,13,18,23H,3-5,12H2,1-2H3,(H,22,24). The minimum absolute atomic E-state index is 0.0112. The second-order valence-corrected chi connectivity index (χ2v) is 8.67. The summed E-state index contributed by atoms with van der Waals surface area (Å²) < 4.78 is 38.8. The van der Waals surface area contributed by atoms with Crippen LogP contribution in [0.4, 0.5) is 5.69 Å². The predicted octanol–water partition coefficient (Wildman–Crippen LogP) is 2.63. The van der Waals surface area contributed by atoms with Crippen LogP contribution in [0, 0.1) is 6.92 Å². The number of hydrogen-bond donors (Lipinski definition) is 2. The van der Waals surface area contributed by atoms with Gasteiger partial charge in [0.2, 0.25) is 0 Å². The molecule has 1 atom stereocenters. The van der Waals surface area contributed by atoms with Gasteiger partial charge in [-0.2, -0.15) is 0 Å². The fraction of sp³-hybridized carbons (Fsp3) is 0.333. The van der Waals surface area contributed by atoms with Crippen molar-refractivity contribution in [1.82, 2.24) is 5.32 Å². The highest BCUT2D eigenvalue weighted by Gasteiger charge is 2.27. The molecule has 1 amide bonds. The van der Waals surface area contributed by atoms with Crippen molar-refractivity contribution in [3.63, 3.8) is 0 Å². The van der Waals surface area contributed by atoms with Gasteiger partial charge in [-0.05, 0) is 56.5 Å². The molecule has 0 bridgehead atoms. The first kappa shape index (κ1) is 21.6. The Balaban J connectivity index is 1.86. The molecule has 0 saturated carbocycles. The summed E-state index contributed by atoms with van der Waals surface area (Å²) in [4.78, 5) is 24.4. The van der Waals surface area contributed by atoms with Gasteiger partial charge < -0.3 is 14.8 Å². The number of amides is 1. The van der Waals surface area contributed by atoms with Crippen LogP contribution in [-0.4, -0.2) is 40.1 Å². The fourth-order valence-electron chi connectivity index (χ4n) is 3.07. The summed E-state index contributed by atoms with van der Waals surface area (Å²) in [6.07, 6.45) is 1.09. The number of hydrogen-bond acceptors (Lipinski definition) is 6. The van der Waals surface area contributed by atoms with E-state index in [1.165, 1.54) is 25.3 Å². The zero-order valence-corrected chi connectivity index (χ0v) is 17.6. The summed E-state index contributed by atoms with van der Waals surface area (Å²) in [6, 6.07) is 10.8. The number of esters is 1. The number of methoxy groups -OCH3 is 1. The molecular weight excluding hydrogens is 408 g/mol. The highest BCUT2D eigenvalue weighted by atomic mass is 32.2. The lowest BCUT2D eigenvalue weighted by molar-refractivity contribution is -0.129. The predicted molar refractivity (Wildman–Crippen MR) is 111 cm³/mol. The molecule has 1 aliphatic heterocycles. The number of sulfonamides is 1. The molecule has 0 aromatic heterocycles. The first-order valence-corrected chi connectivity index (χ1v) is 11.0. The second-order valence-electron chi connectivity index (χ2n) is 7.02. The van der Waals surface area contributed by atoms with Crippen LogP contribution in [0.5, 0.6) is 5.75 Å². The minimum atomic E-state index is -4.04. The summed E-state index contributed by atoms with van der Waals surface area (Å²) in [7, 11) is -2.70. The van der Waals surface area contributed by atoms with E-state index in [0.717, 1.165) is 18.4 Å². The van der Waals surface area contributed by atoms with Gasteiger partial charge in [-0.1, -0.05) is 17.7 Å². The first-order chi connectivity index (χ1) is 14.3. The average molecular weight is 432 g/mol. The Hall–Kier alpha value is -3.07. The summed E-state index contributed by atoms with van der Waals surface area (Å²) in [5.74, 6) is -1.03. The molecule has 2 aromatic carbocycles. The van der Waals surface area contributed by atoms with E-state index in [2.05, 4.69) is 10.0 Å². The lowest BCUT2D eigenvalue weighted by Crippen LogP contribution is -2.36. The summed E-state index contributed by atoms with van der Waals surface area (Å²) in [6.45, 7) is 2.44. The molecule has 1 fully saturated rings. The van der Waals surface area contributed by atoms with E-state index < -0.39 is 22.1 Å². The van der Waals surface area contributed by atoms with Gasteiger partial charge in [0, 0.05) is 12.2 Å². The van der Waals surface area contributed by atoms with Crippen molar-refractivity contribution in [1.29, 1.82) is 0 Å². The van der Waals surface area contributed by atoms with E-state index in [1.807, 2.05) is 6.92 Å². The average Bonchev–Trinajstić information content (AvgIpc) is 2.93. The van der Waals surface area contributed by atoms with E-state index in [0.29, 0.717) is 18.7 Å². The maximum absolute atomic E-state index is 12.9. The van der Waals surface area contributed by atoms with Crippen molar-refractivity contribution in [2.75, 3.05) is 18.4 Å². The van der Waals surface area contributed by atoms with Gasteiger partial charge in [-0.15, -0.1) is 0 Å². The van der Waals surface area contributed by atoms with Crippen molar-refractivity contribution in [2.45, 2.75) is 37.2 Å². The SMILES string of the molecule is COc1ccc(C(=O)OC2CCCCNC2=O)cc1S(=O)(=O)Nc1ccc(C)cc1. The molecule has 30 heavy (non-hydrogen) atoms. The molecular formula is C21H24N2O6S. The third kappa shape index (κ3) is 5.10. The topological polar surface area (TPSA) is 111 Å². The van der Waals surface area contributed by atoms with Gasteiger partial charge in [0.15, 0.2) is 6.10 Å². The molecule has 8 nitrogen and oxygen atoms in total. The van der Waals surface area contributed by atoms with E-state index in [4.69, 9.17) is 9.47 Å². The summed E-state index contributed by atoms with van der Waals surface area (Å²) in [5.41, 5.74) is 1.38. The first-order valence-electron chi connectivity index (χ1n) is 9.56. The quantitative estimate of drug-likeness (QED) is 0.679. The molecule has 3 rings (SSSR count). The lowest BCUT2D eigenvalue weighted by atomic mass is 10.1. The second kappa shape index (κ2) is 9.17. The molecule has 2 N–H and O–H groups in total. The number of anilines is 1. The van der Waals surface area contributed by atoms with Crippen molar-refractivity contribution >= 4 is 27.6 Å². The van der Waals surface area contributed by atoms with Gasteiger partial charge in [0.05, 0.1) is 12.7 Å². The highest BCUT2D eigenvalue weighted by Crippen LogP contribution is 2.28. The Labute approximate surface area is 175 Å². The smallest absolute Gasteiger partial charge is 0.338 e. The number of benzene rings is 2. The van der Waals surface area contributed by atoms with Crippen LogP contribution >= 0.6 is 0 Å². The molecule has 1 aliphatic rings. The van der Waals surface area contributed by atoms with Crippen molar-refractivity contribution in [3.8, 4) is 5.75 Å². The molecule has 160 valence electrons. The summed E-state index contributed by atoms with van der Waals surface area (Å²) in [5, 5.41) is 2.69. The fourth-order valence-corrected chi connectivity index (χ4v) is 4.32. The molecule has 9 heteroatoms. The maximum Gasteiger partial charge on any atom is 0.338 e. The van der Waals surface area contributed by atoms with Crippen LogP contribution in [-0.2, 0) is 19.6 Å². The zero-order valence-electron chi connectivity index (χ0n) is 16.8. The van der Waals surface area contributed by atoms with Crippen molar-refractivity contribution in [3.05, 3.63) is 53.6 Å². The van der Waals surface area contributed by atoms with Crippen molar-refractivity contribution in [2.24, 2.45) is 0 Å². The Morgan fingerprint density at radius 2 is 1.87 bits per heavy atom. The monoisotopic (exact) mass is 432 g/mol. The Morgan fingerprint density at radius 3 is 2.57 bits per heavy atom. The molecule has 1 unspecified atom stereocenters. The van der Waals surface area contributed by atoms with Gasteiger partial charge in [-0.25, -0.2) is 13.2 Å². The molecule has 0 aliphatic carbocycles. The minimum Gasteiger partial charge on any atom is -0.495 e. The number of carbonyl (C=O) groups excluding carboxylic acids is 2. The third-order valence-electron chi connectivity index (χ3n) is 4.73. The zero-order chi connectivity index (χ0) is 21.7. The van der Waals surface area contributed by atoms with Crippen LogP contribution in [0.1, 0.15) is 35.2 Å². The molecule has 1 saturated heterocycles. The van der Waals surface area contributed by atoms with Crippen LogP contribution in [0.3, 0.4) is 0 Å². The van der Waals surface area contributed by atoms with Gasteiger partial charge in [-0.3, -0.25) is 9.52 Å². The number of rotatable bonds is 6. The molecule has 0 spiro atoms. The van der Waals surface area contributed by atoms with Gasteiger partial charge in [0.25, 0.3) is 15.9 Å². The number of ether oxygens (including phenoxy) is 2. The van der Waals surface area contributed by atoms with E-state index in [1.54, 1.807) is 24.3 Å². The number of nitrogens with one attached hydrogen (secondary N) is 2. The maximum atomic E-state index is 12.9. The largest absolute Gasteiger partial charge is 0.495 e. The number of aryl methyl sites for hydroxylation is 1. The Morgan fingerprint density at radius 1 is 1.13 bits per heavy atom. The highest BCUT2D eigenvalue weighted by molar-refractivity contribution is 7.92. The van der Waals surface area contributed by atoms with Crippen LogP contribution in [0.25, 0.3) is 0 Å². The van der Waals surface area contributed by atoms with Gasteiger partial charge >= 0.3 is 5.97 Å². The van der Waals surface area contributed by atoms with E-state index in [-0.39, 0.29) is 22.1 Å². The molecule has 1 heterocycles. The van der Waals surface area contributed by atoms with E-state index in [9.17, 15) is 18.0 Å².